The van der Waals surface area contributed by atoms with Crippen LogP contribution in [0.15, 0.2) is 24.3 Å². The van der Waals surface area contributed by atoms with Crippen LogP contribution in [-0.2, 0) is 4.79 Å². The lowest BCUT2D eigenvalue weighted by atomic mass is 9.89. The molecule has 1 aromatic rings. The zero-order chi connectivity index (χ0) is 13.1. The predicted molar refractivity (Wildman–Crippen MR) is 77.6 cm³/mol. The van der Waals surface area contributed by atoms with Crippen LogP contribution in [0.5, 0.6) is 5.75 Å². The van der Waals surface area contributed by atoms with E-state index in [2.05, 4.69) is 0 Å². The van der Waals surface area contributed by atoms with E-state index >= 15 is 0 Å². The fourth-order valence-corrected chi connectivity index (χ4v) is 2.47. The summed E-state index contributed by atoms with van der Waals surface area (Å²) >= 11 is 0. The number of amides is 1. The van der Waals surface area contributed by atoms with Gasteiger partial charge >= 0.3 is 0 Å². The molecule has 0 radical (unpaired) electrons. The molecule has 0 aromatic heterocycles. The molecule has 3 N–H and O–H groups in total. The van der Waals surface area contributed by atoms with Gasteiger partial charge < -0.3 is 15.7 Å². The lowest BCUT2D eigenvalue weighted by Crippen LogP contribution is -2.45. The molecular formula is C14H21ClN2O2. The number of carbonyl (C=O) groups excluding carboxylic acids is 1. The monoisotopic (exact) mass is 284 g/mol. The van der Waals surface area contributed by atoms with Gasteiger partial charge in [0.1, 0.15) is 5.75 Å². The standard InChI is InChI=1S/C14H20N2O2.ClH/c1-10(15)14(18)16-8-6-12(7-9-16)11-2-4-13(17)5-3-11;/h2-5,10,12,17H,6-9,15H2,1H3;1H/t10-;/m1./s1. The van der Waals surface area contributed by atoms with Gasteiger partial charge in [-0.25, -0.2) is 0 Å². The number of halogens is 1. The van der Waals surface area contributed by atoms with E-state index in [-0.39, 0.29) is 18.3 Å². The maximum atomic E-state index is 11.8. The van der Waals surface area contributed by atoms with Gasteiger partial charge in [0.15, 0.2) is 0 Å². The molecule has 2 rings (SSSR count). The minimum atomic E-state index is -0.407. The van der Waals surface area contributed by atoms with Gasteiger partial charge in [-0.2, -0.15) is 0 Å². The normalized spacial score (nSPS) is 17.7. The number of likely N-dealkylation sites (tertiary alicyclic amines) is 1. The number of phenols is 1. The summed E-state index contributed by atoms with van der Waals surface area (Å²) < 4.78 is 0. The molecule has 106 valence electrons. The molecule has 19 heavy (non-hydrogen) atoms. The van der Waals surface area contributed by atoms with Gasteiger partial charge in [-0.3, -0.25) is 4.79 Å². The largest absolute Gasteiger partial charge is 0.508 e. The van der Waals surface area contributed by atoms with Crippen molar-refractivity contribution in [1.82, 2.24) is 4.90 Å². The van der Waals surface area contributed by atoms with E-state index in [0.717, 1.165) is 25.9 Å². The topological polar surface area (TPSA) is 66.6 Å². The first-order chi connectivity index (χ1) is 8.58. The van der Waals surface area contributed by atoms with Gasteiger partial charge in [-0.15, -0.1) is 12.4 Å². The average molecular weight is 285 g/mol. The molecule has 1 saturated heterocycles. The van der Waals surface area contributed by atoms with E-state index < -0.39 is 6.04 Å². The highest BCUT2D eigenvalue weighted by atomic mass is 35.5. The van der Waals surface area contributed by atoms with Crippen LogP contribution in [-0.4, -0.2) is 35.0 Å². The number of nitrogens with zero attached hydrogens (tertiary/aromatic N) is 1. The number of aromatic hydroxyl groups is 1. The van der Waals surface area contributed by atoms with Gasteiger partial charge in [0.25, 0.3) is 0 Å². The Labute approximate surface area is 120 Å². The summed E-state index contributed by atoms with van der Waals surface area (Å²) in [6.07, 6.45) is 1.92. The lowest BCUT2D eigenvalue weighted by Gasteiger charge is -2.33. The summed E-state index contributed by atoms with van der Waals surface area (Å²) in [5.74, 6) is 0.810. The molecule has 0 unspecified atom stereocenters. The third kappa shape index (κ3) is 3.85. The first-order valence-corrected chi connectivity index (χ1v) is 6.41. The molecule has 0 spiro atoms. The molecule has 0 saturated carbocycles. The quantitative estimate of drug-likeness (QED) is 0.871. The van der Waals surface area contributed by atoms with Crippen molar-refractivity contribution in [2.45, 2.75) is 31.7 Å². The van der Waals surface area contributed by atoms with Crippen LogP contribution < -0.4 is 5.73 Å². The van der Waals surface area contributed by atoms with Crippen LogP contribution in [0.1, 0.15) is 31.2 Å². The van der Waals surface area contributed by atoms with Crippen LogP contribution in [0.4, 0.5) is 0 Å². The Morgan fingerprint density at radius 3 is 2.32 bits per heavy atom. The van der Waals surface area contributed by atoms with Crippen molar-refractivity contribution < 1.29 is 9.90 Å². The van der Waals surface area contributed by atoms with Crippen molar-refractivity contribution in [2.75, 3.05) is 13.1 Å². The van der Waals surface area contributed by atoms with Gasteiger partial charge in [-0.05, 0) is 43.4 Å². The number of piperidine rings is 1. The number of phenolic OH excluding ortho intramolecular Hbond substituents is 1. The molecule has 0 bridgehead atoms. The minimum absolute atomic E-state index is 0. The second-order valence-corrected chi connectivity index (χ2v) is 4.98. The zero-order valence-corrected chi connectivity index (χ0v) is 11.9. The van der Waals surface area contributed by atoms with E-state index in [4.69, 9.17) is 5.73 Å². The molecule has 1 aromatic carbocycles. The number of rotatable bonds is 2. The molecule has 1 aliphatic heterocycles. The predicted octanol–water partition coefficient (Wildman–Crippen LogP) is 1.87. The van der Waals surface area contributed by atoms with Gasteiger partial charge in [-0.1, -0.05) is 12.1 Å². The summed E-state index contributed by atoms with van der Waals surface area (Å²) in [6.45, 7) is 3.27. The van der Waals surface area contributed by atoms with Crippen molar-refractivity contribution >= 4 is 18.3 Å². The smallest absolute Gasteiger partial charge is 0.239 e. The van der Waals surface area contributed by atoms with E-state index in [1.807, 2.05) is 17.0 Å². The van der Waals surface area contributed by atoms with E-state index in [9.17, 15) is 9.90 Å². The Balaban J connectivity index is 0.00000180. The maximum absolute atomic E-state index is 11.8. The molecule has 1 fully saturated rings. The Kier molecular flexibility index (Phi) is 5.63. The number of nitrogens with two attached hydrogens (primary N) is 1. The molecule has 1 amide bonds. The Hall–Kier alpha value is -1.26. The molecule has 0 aliphatic carbocycles. The highest BCUT2D eigenvalue weighted by Crippen LogP contribution is 2.29. The summed E-state index contributed by atoms with van der Waals surface area (Å²) in [7, 11) is 0. The summed E-state index contributed by atoms with van der Waals surface area (Å²) in [4.78, 5) is 13.6. The first-order valence-electron chi connectivity index (χ1n) is 6.41. The molecule has 1 atom stereocenters. The van der Waals surface area contributed by atoms with Crippen LogP contribution in [0.25, 0.3) is 0 Å². The zero-order valence-electron chi connectivity index (χ0n) is 11.1. The molecular weight excluding hydrogens is 264 g/mol. The van der Waals surface area contributed by atoms with Crippen LogP contribution in [0.3, 0.4) is 0 Å². The third-order valence-electron chi connectivity index (χ3n) is 3.56. The molecule has 4 nitrogen and oxygen atoms in total. The number of benzene rings is 1. The van der Waals surface area contributed by atoms with E-state index in [0.29, 0.717) is 11.7 Å². The maximum Gasteiger partial charge on any atom is 0.239 e. The van der Waals surface area contributed by atoms with Crippen LogP contribution >= 0.6 is 12.4 Å². The Morgan fingerprint density at radius 1 is 1.32 bits per heavy atom. The van der Waals surface area contributed by atoms with Crippen molar-refractivity contribution in [2.24, 2.45) is 5.73 Å². The molecule has 5 heteroatoms. The third-order valence-corrected chi connectivity index (χ3v) is 3.56. The van der Waals surface area contributed by atoms with Crippen LogP contribution in [0, 0.1) is 0 Å². The van der Waals surface area contributed by atoms with Crippen molar-refractivity contribution in [1.29, 1.82) is 0 Å². The number of hydrogen-bond acceptors (Lipinski definition) is 3. The van der Waals surface area contributed by atoms with Gasteiger partial charge in [0.05, 0.1) is 6.04 Å². The number of hydrogen-bond donors (Lipinski definition) is 2. The lowest BCUT2D eigenvalue weighted by molar-refractivity contribution is -0.133. The number of carbonyl (C=O) groups is 1. The fourth-order valence-electron chi connectivity index (χ4n) is 2.47. The summed E-state index contributed by atoms with van der Waals surface area (Å²) in [5, 5.41) is 9.26. The van der Waals surface area contributed by atoms with Crippen molar-refractivity contribution in [3.8, 4) is 5.75 Å². The van der Waals surface area contributed by atoms with Crippen molar-refractivity contribution in [3.05, 3.63) is 29.8 Å². The molecule has 1 aliphatic rings. The highest BCUT2D eigenvalue weighted by molar-refractivity contribution is 5.85. The fraction of sp³-hybridized carbons (Fsp3) is 0.500. The SMILES string of the molecule is C[C@@H](N)C(=O)N1CCC(c2ccc(O)cc2)CC1.Cl. The van der Waals surface area contributed by atoms with Gasteiger partial charge in [0, 0.05) is 13.1 Å². The highest BCUT2D eigenvalue weighted by Gasteiger charge is 2.25. The van der Waals surface area contributed by atoms with Crippen LogP contribution in [0.2, 0.25) is 0 Å². The second-order valence-electron chi connectivity index (χ2n) is 4.98. The van der Waals surface area contributed by atoms with E-state index in [1.165, 1.54) is 5.56 Å². The summed E-state index contributed by atoms with van der Waals surface area (Å²) in [5.41, 5.74) is 6.85. The first kappa shape index (κ1) is 15.8. The minimum Gasteiger partial charge on any atom is -0.508 e. The summed E-state index contributed by atoms with van der Waals surface area (Å²) in [6, 6.07) is 6.95. The average Bonchev–Trinajstić information content (AvgIpc) is 2.39. The Bertz CT molecular complexity index is 412. The van der Waals surface area contributed by atoms with E-state index in [1.54, 1.807) is 19.1 Å². The second kappa shape index (κ2) is 6.78. The Morgan fingerprint density at radius 2 is 1.84 bits per heavy atom. The molecule has 1 heterocycles. The van der Waals surface area contributed by atoms with Crippen molar-refractivity contribution in [3.63, 3.8) is 0 Å². The van der Waals surface area contributed by atoms with Gasteiger partial charge in [0.2, 0.25) is 5.91 Å².